The number of aromatic nitrogens is 3. The summed E-state index contributed by atoms with van der Waals surface area (Å²) in [7, 11) is 0. The summed E-state index contributed by atoms with van der Waals surface area (Å²) < 4.78 is 26.0. The monoisotopic (exact) mass is 265 g/mol. The fraction of sp³-hybridized carbons (Fsp3) is 0.167. The first-order valence-corrected chi connectivity index (χ1v) is 5.34. The molecule has 0 amide bonds. The highest BCUT2D eigenvalue weighted by Gasteiger charge is 2.11. The van der Waals surface area contributed by atoms with Crippen molar-refractivity contribution in [3.8, 4) is 11.4 Å². The third kappa shape index (κ3) is 3.06. The second-order valence-electron chi connectivity index (χ2n) is 3.82. The maximum Gasteiger partial charge on any atom is 0.311 e. The van der Waals surface area contributed by atoms with Crippen LogP contribution < -0.4 is 0 Å². The summed E-state index contributed by atoms with van der Waals surface area (Å²) in [5, 5.41) is 8.69. The van der Waals surface area contributed by atoms with E-state index in [-0.39, 0.29) is 23.6 Å². The number of aliphatic carboxylic acids is 1. The van der Waals surface area contributed by atoms with Crippen LogP contribution in [-0.4, -0.2) is 26.0 Å². The predicted molar refractivity (Wildman–Crippen MR) is 61.3 cm³/mol. The number of rotatable bonds is 3. The van der Waals surface area contributed by atoms with Crippen LogP contribution in [0.15, 0.2) is 18.2 Å². The van der Waals surface area contributed by atoms with Crippen LogP contribution >= 0.6 is 0 Å². The highest BCUT2D eigenvalue weighted by atomic mass is 19.2. The van der Waals surface area contributed by atoms with Gasteiger partial charge < -0.3 is 5.11 Å². The van der Waals surface area contributed by atoms with Gasteiger partial charge in [-0.1, -0.05) is 0 Å². The van der Waals surface area contributed by atoms with Crippen LogP contribution in [0.3, 0.4) is 0 Å². The Morgan fingerprint density at radius 2 is 1.95 bits per heavy atom. The van der Waals surface area contributed by atoms with Crippen LogP contribution in [0.5, 0.6) is 0 Å². The molecule has 98 valence electrons. The number of carboxylic acid groups (broad SMARTS) is 1. The Bertz CT molecular complexity index is 647. The van der Waals surface area contributed by atoms with E-state index in [9.17, 15) is 13.6 Å². The van der Waals surface area contributed by atoms with E-state index in [1.807, 2.05) is 0 Å². The summed E-state index contributed by atoms with van der Waals surface area (Å²) in [6.45, 7) is 1.57. The normalized spacial score (nSPS) is 10.5. The van der Waals surface area contributed by atoms with Crippen LogP contribution in [0.4, 0.5) is 8.78 Å². The zero-order valence-corrected chi connectivity index (χ0v) is 9.89. The summed E-state index contributed by atoms with van der Waals surface area (Å²) in [6.07, 6.45) is -0.361. The second-order valence-corrected chi connectivity index (χ2v) is 3.82. The molecule has 19 heavy (non-hydrogen) atoms. The van der Waals surface area contributed by atoms with Crippen molar-refractivity contribution in [1.29, 1.82) is 0 Å². The van der Waals surface area contributed by atoms with Gasteiger partial charge in [-0.3, -0.25) is 4.79 Å². The van der Waals surface area contributed by atoms with Crippen molar-refractivity contribution in [2.45, 2.75) is 13.3 Å². The number of carbonyl (C=O) groups is 1. The number of hydrogen-bond donors (Lipinski definition) is 1. The summed E-state index contributed by atoms with van der Waals surface area (Å²) in [5.41, 5.74) is 0.260. The van der Waals surface area contributed by atoms with Crippen molar-refractivity contribution in [3.05, 3.63) is 41.5 Å². The lowest BCUT2D eigenvalue weighted by atomic mass is 10.2. The van der Waals surface area contributed by atoms with Crippen molar-refractivity contribution in [1.82, 2.24) is 15.0 Å². The van der Waals surface area contributed by atoms with Gasteiger partial charge in [-0.25, -0.2) is 23.7 Å². The third-order valence-electron chi connectivity index (χ3n) is 2.28. The molecule has 0 radical (unpaired) electrons. The first-order chi connectivity index (χ1) is 8.95. The molecule has 2 aromatic rings. The first-order valence-electron chi connectivity index (χ1n) is 5.34. The predicted octanol–water partition coefficient (Wildman–Crippen LogP) is 1.75. The van der Waals surface area contributed by atoms with Gasteiger partial charge in [0.25, 0.3) is 0 Å². The van der Waals surface area contributed by atoms with Crippen molar-refractivity contribution < 1.29 is 18.7 Å². The number of hydrogen-bond acceptors (Lipinski definition) is 4. The van der Waals surface area contributed by atoms with Crippen molar-refractivity contribution in [2.24, 2.45) is 0 Å². The van der Waals surface area contributed by atoms with E-state index in [1.54, 1.807) is 6.92 Å². The fourth-order valence-electron chi connectivity index (χ4n) is 1.52. The minimum absolute atomic E-state index is 0.0692. The summed E-state index contributed by atoms with van der Waals surface area (Å²) >= 11 is 0. The SMILES string of the molecule is Cc1nc(CC(=O)O)nc(-c2ccc(F)c(F)c2)n1. The maximum absolute atomic E-state index is 13.1. The molecule has 1 aromatic heterocycles. The minimum Gasteiger partial charge on any atom is -0.481 e. The Kier molecular flexibility index (Phi) is 3.46. The molecule has 7 heteroatoms. The largest absolute Gasteiger partial charge is 0.481 e. The number of benzene rings is 1. The van der Waals surface area contributed by atoms with Gasteiger partial charge in [0.05, 0.1) is 0 Å². The van der Waals surface area contributed by atoms with Gasteiger partial charge in [0.15, 0.2) is 17.5 Å². The molecule has 1 N–H and O–H groups in total. The van der Waals surface area contributed by atoms with Crippen LogP contribution in [0.2, 0.25) is 0 Å². The molecule has 0 saturated heterocycles. The van der Waals surface area contributed by atoms with Gasteiger partial charge in [0.2, 0.25) is 0 Å². The molecule has 0 bridgehead atoms. The molecule has 5 nitrogen and oxygen atoms in total. The molecule has 0 spiro atoms. The van der Waals surface area contributed by atoms with E-state index >= 15 is 0 Å². The highest BCUT2D eigenvalue weighted by molar-refractivity contribution is 5.69. The number of nitrogens with zero attached hydrogens (tertiary/aromatic N) is 3. The molecular formula is C12H9F2N3O2. The number of aryl methyl sites for hydroxylation is 1. The van der Waals surface area contributed by atoms with Crippen molar-refractivity contribution in [2.75, 3.05) is 0 Å². The lowest BCUT2D eigenvalue weighted by Crippen LogP contribution is -2.08. The Balaban J connectivity index is 2.46. The van der Waals surface area contributed by atoms with Gasteiger partial charge in [-0.2, -0.15) is 0 Å². The standard InChI is InChI=1S/C12H9F2N3O2/c1-6-15-10(5-11(18)19)17-12(16-6)7-2-3-8(13)9(14)4-7/h2-4H,5H2,1H3,(H,18,19). The number of carboxylic acids is 1. The average molecular weight is 265 g/mol. The lowest BCUT2D eigenvalue weighted by Gasteiger charge is -2.04. The zero-order valence-electron chi connectivity index (χ0n) is 9.89. The fourth-order valence-corrected chi connectivity index (χ4v) is 1.52. The van der Waals surface area contributed by atoms with E-state index in [0.29, 0.717) is 5.82 Å². The Labute approximate surface area is 107 Å². The van der Waals surface area contributed by atoms with Crippen LogP contribution in [0.25, 0.3) is 11.4 Å². The molecule has 0 fully saturated rings. The third-order valence-corrected chi connectivity index (χ3v) is 2.28. The van der Waals surface area contributed by atoms with E-state index in [4.69, 9.17) is 5.11 Å². The topological polar surface area (TPSA) is 76.0 Å². The average Bonchev–Trinajstić information content (AvgIpc) is 2.31. The van der Waals surface area contributed by atoms with Crippen LogP contribution in [0, 0.1) is 18.6 Å². The first kappa shape index (κ1) is 13.0. The van der Waals surface area contributed by atoms with Gasteiger partial charge >= 0.3 is 5.97 Å². The second kappa shape index (κ2) is 5.05. The molecule has 0 aliphatic rings. The van der Waals surface area contributed by atoms with Crippen molar-refractivity contribution >= 4 is 5.97 Å². The van der Waals surface area contributed by atoms with Gasteiger partial charge in [-0.05, 0) is 25.1 Å². The van der Waals surface area contributed by atoms with E-state index in [2.05, 4.69) is 15.0 Å². The summed E-state index contributed by atoms with van der Waals surface area (Å²) in [6, 6.07) is 3.23. The zero-order chi connectivity index (χ0) is 14.0. The quantitative estimate of drug-likeness (QED) is 0.915. The minimum atomic E-state index is -1.08. The number of halogens is 2. The molecular weight excluding hydrogens is 256 g/mol. The molecule has 1 heterocycles. The Hall–Kier alpha value is -2.44. The maximum atomic E-state index is 13.1. The van der Waals surface area contributed by atoms with Crippen LogP contribution in [0.1, 0.15) is 11.6 Å². The van der Waals surface area contributed by atoms with E-state index in [1.165, 1.54) is 6.07 Å². The molecule has 0 unspecified atom stereocenters. The Morgan fingerprint density at radius 1 is 1.21 bits per heavy atom. The summed E-state index contributed by atoms with van der Waals surface area (Å²) in [4.78, 5) is 22.4. The smallest absolute Gasteiger partial charge is 0.311 e. The lowest BCUT2D eigenvalue weighted by molar-refractivity contribution is -0.136. The molecule has 0 aliphatic heterocycles. The summed E-state index contributed by atoms with van der Waals surface area (Å²) in [5.74, 6) is -2.58. The Morgan fingerprint density at radius 3 is 2.58 bits per heavy atom. The molecule has 0 atom stereocenters. The van der Waals surface area contributed by atoms with E-state index in [0.717, 1.165) is 12.1 Å². The van der Waals surface area contributed by atoms with Crippen molar-refractivity contribution in [3.63, 3.8) is 0 Å². The molecule has 0 aliphatic carbocycles. The molecule has 1 aromatic carbocycles. The van der Waals surface area contributed by atoms with Gasteiger partial charge in [-0.15, -0.1) is 0 Å². The van der Waals surface area contributed by atoms with Gasteiger partial charge in [0.1, 0.15) is 18.1 Å². The molecule has 2 rings (SSSR count). The van der Waals surface area contributed by atoms with E-state index < -0.39 is 17.6 Å². The van der Waals surface area contributed by atoms with Crippen LogP contribution in [-0.2, 0) is 11.2 Å². The van der Waals surface area contributed by atoms with Gasteiger partial charge in [0, 0.05) is 5.56 Å². The molecule has 0 saturated carbocycles. The highest BCUT2D eigenvalue weighted by Crippen LogP contribution is 2.18.